The van der Waals surface area contributed by atoms with Crippen LogP contribution in [0.1, 0.15) is 58.6 Å². The Morgan fingerprint density at radius 1 is 1.05 bits per heavy atom. The maximum Gasteiger partial charge on any atom is 0 e. The second-order valence-electron chi connectivity index (χ2n) is 4.56. The fraction of sp³-hybridized carbons (Fsp3) is 0.444. The molecule has 0 aromatic heterocycles. The van der Waals surface area contributed by atoms with Gasteiger partial charge in [0.15, 0.2) is 0 Å². The van der Waals surface area contributed by atoms with Crippen molar-refractivity contribution in [2.75, 3.05) is 0 Å². The third-order valence-corrected chi connectivity index (χ3v) is 4.12. The molecular weight excluding hydrogens is 442 g/mol. The van der Waals surface area contributed by atoms with Crippen LogP contribution in [0, 0.1) is 28.2 Å². The van der Waals surface area contributed by atoms with Gasteiger partial charge in [0, 0.05) is 32.7 Å². The van der Waals surface area contributed by atoms with Crippen LogP contribution in [0.15, 0.2) is 24.3 Å². The van der Waals surface area contributed by atoms with Crippen LogP contribution in [0.25, 0.3) is 0 Å². The zero-order chi connectivity index (χ0) is 14.6. The first-order valence-electron chi connectivity index (χ1n) is 6.23. The van der Waals surface area contributed by atoms with E-state index >= 15 is 0 Å². The molecule has 0 unspecified atom stereocenters. The van der Waals surface area contributed by atoms with E-state index in [4.69, 9.17) is 9.69 Å². The number of halogens is 1. The van der Waals surface area contributed by atoms with Crippen molar-refractivity contribution in [1.82, 2.24) is 0 Å². The molecule has 3 heteroatoms. The Labute approximate surface area is 171 Å². The Morgan fingerprint density at radius 2 is 1.33 bits per heavy atom. The minimum Gasteiger partial charge on any atom is -0.358 e. The summed E-state index contributed by atoms with van der Waals surface area (Å²) in [5.74, 6) is 0.653. The van der Waals surface area contributed by atoms with Crippen LogP contribution >= 0.6 is 9.69 Å². The van der Waals surface area contributed by atoms with E-state index in [1.165, 1.54) is 15.2 Å². The van der Waals surface area contributed by atoms with Crippen molar-refractivity contribution in [3.8, 4) is 0 Å². The normalized spacial score (nSPS) is 7.48. The molecule has 0 heterocycles. The van der Waals surface area contributed by atoms with Gasteiger partial charge in [-0.2, -0.15) is 0 Å². The molecule has 0 aliphatic carbocycles. The minimum absolute atomic E-state index is 0. The summed E-state index contributed by atoms with van der Waals surface area (Å²) < 4.78 is 1.36. The zero-order valence-corrected chi connectivity index (χ0v) is 20.6. The van der Waals surface area contributed by atoms with E-state index in [9.17, 15) is 0 Å². The van der Waals surface area contributed by atoms with Gasteiger partial charge in [-0.05, 0) is 18.4 Å². The smallest absolute Gasteiger partial charge is 0 e. The predicted molar refractivity (Wildman–Crippen MR) is 96.0 cm³/mol. The molecule has 1 radical (unpaired) electrons. The molecule has 0 aliphatic rings. The van der Waals surface area contributed by atoms with E-state index < -0.39 is 0 Å². The van der Waals surface area contributed by atoms with Crippen molar-refractivity contribution in [2.24, 2.45) is 0 Å². The van der Waals surface area contributed by atoms with E-state index in [-0.39, 0.29) is 63.2 Å². The fourth-order valence-corrected chi connectivity index (χ4v) is 0.951. The van der Waals surface area contributed by atoms with Crippen LogP contribution in [0.2, 0.25) is 0 Å². The fourth-order valence-electron chi connectivity index (χ4n) is 0.951. The average Bonchev–Trinajstić information content (AvgIpc) is 2.31. The van der Waals surface area contributed by atoms with Gasteiger partial charge in [-0.15, -0.1) is 0 Å². The monoisotopic (exact) mass is 475 g/mol. The van der Waals surface area contributed by atoms with Crippen molar-refractivity contribution in [1.29, 1.82) is 0 Å². The van der Waals surface area contributed by atoms with E-state index in [0.29, 0.717) is 5.92 Å². The van der Waals surface area contributed by atoms with Crippen molar-refractivity contribution in [3.05, 3.63) is 56.7 Å². The number of aryl methyl sites for hydroxylation is 1. The summed E-state index contributed by atoms with van der Waals surface area (Å²) >= 11 is 0.0744. The van der Waals surface area contributed by atoms with Crippen molar-refractivity contribution < 1.29 is 48.4 Å². The van der Waals surface area contributed by atoms with Gasteiger partial charge in [0.1, 0.15) is 0 Å². The quantitative estimate of drug-likeness (QED) is 0.314. The zero-order valence-electron chi connectivity index (χ0n) is 15.3. The molecule has 0 nitrogen and oxygen atoms in total. The van der Waals surface area contributed by atoms with Gasteiger partial charge in [0.05, 0.1) is 20.3 Å². The van der Waals surface area contributed by atoms with Crippen LogP contribution in [-0.2, 0) is 48.4 Å². The van der Waals surface area contributed by atoms with E-state index in [2.05, 4.69) is 45.0 Å². The summed E-state index contributed by atoms with van der Waals surface area (Å²) in [5, 5.41) is 0. The van der Waals surface area contributed by atoms with Crippen LogP contribution in [0.5, 0.6) is 0 Å². The molecule has 0 saturated carbocycles. The van der Waals surface area contributed by atoms with Gasteiger partial charge < -0.3 is 14.9 Å². The molecule has 21 heavy (non-hydrogen) atoms. The SMILES string of the molecule is C[CH+]C.C[C](C)=[Ru][Cl].Cc1ccc(C(C)C)cc1.[CH3-].[CH3-].[Y]. The number of hydrogen-bond donors (Lipinski definition) is 0. The molecule has 1 aromatic rings. The molecule has 0 aliphatic heterocycles. The first-order valence-corrected chi connectivity index (χ1v) is 9.34. The summed E-state index contributed by atoms with van der Waals surface area (Å²) in [6.07, 6.45) is 2.00. The molecule has 124 valence electrons. The molecule has 0 bridgehead atoms. The molecule has 0 spiro atoms. The molecule has 0 fully saturated rings. The number of hydrogen-bond acceptors (Lipinski definition) is 0. The Bertz CT molecular complexity index is 314. The Morgan fingerprint density at radius 3 is 1.52 bits per heavy atom. The van der Waals surface area contributed by atoms with Crippen LogP contribution in [0.3, 0.4) is 0 Å². The number of rotatable bonds is 1. The maximum absolute atomic E-state index is 5.39. The summed E-state index contributed by atoms with van der Waals surface area (Å²) in [6, 6.07) is 8.71. The molecule has 1 rings (SSSR count). The Hall–Kier alpha value is 0.977. The van der Waals surface area contributed by atoms with Gasteiger partial charge in [0.25, 0.3) is 0 Å². The molecule has 0 amide bonds. The topological polar surface area (TPSA) is 0 Å². The minimum atomic E-state index is 0. The Balaban J connectivity index is -0.0000000677. The first kappa shape index (κ1) is 33.6. The molecule has 1 aromatic carbocycles. The average molecular weight is 475 g/mol. The van der Waals surface area contributed by atoms with Gasteiger partial charge >= 0.3 is 43.3 Å². The second kappa shape index (κ2) is 23.2. The van der Waals surface area contributed by atoms with Gasteiger partial charge in [0.2, 0.25) is 0 Å². The third kappa shape index (κ3) is 26.2. The summed E-state index contributed by atoms with van der Waals surface area (Å²) in [6.45, 7) is 14.6. The van der Waals surface area contributed by atoms with E-state index in [1.54, 1.807) is 0 Å². The van der Waals surface area contributed by atoms with Crippen molar-refractivity contribution >= 4 is 13.8 Å². The number of benzene rings is 1. The maximum atomic E-state index is 5.39. The largest absolute Gasteiger partial charge is 0.358 e. The van der Waals surface area contributed by atoms with E-state index in [0.717, 1.165) is 0 Å². The summed E-state index contributed by atoms with van der Waals surface area (Å²) in [7, 11) is 5.39. The van der Waals surface area contributed by atoms with Crippen molar-refractivity contribution in [2.45, 2.75) is 54.4 Å². The van der Waals surface area contributed by atoms with Gasteiger partial charge in [-0.1, -0.05) is 43.7 Å². The van der Waals surface area contributed by atoms with Crippen LogP contribution in [0.4, 0.5) is 0 Å². The molecule has 0 atom stereocenters. The van der Waals surface area contributed by atoms with E-state index in [1.807, 2.05) is 34.1 Å². The first-order chi connectivity index (χ1) is 8.38. The molecule has 0 saturated heterocycles. The molecular formula is C18H33ClRuY-. The predicted octanol–water partition coefficient (Wildman–Crippen LogP) is 6.68. The summed E-state index contributed by atoms with van der Waals surface area (Å²) in [4.78, 5) is 0. The Kier molecular flexibility index (Phi) is 37.1. The second-order valence-corrected chi connectivity index (χ2v) is 7.42. The van der Waals surface area contributed by atoms with Crippen LogP contribution < -0.4 is 0 Å². The standard InChI is InChI=1S/C10H14.C3H7.C3H6.2CH3.ClH.Ru.Y/c1-8(2)10-6-4-9(3)5-7-10;2*1-3-2;;;;;/h4-8H,1-3H3;3H,1-2H3;1-2H3;2*1H3;1H;;/q;+1;;2*-1;;+1;/p-1. The molecule has 0 N–H and O–H groups in total. The van der Waals surface area contributed by atoms with Crippen LogP contribution in [-0.4, -0.2) is 4.11 Å². The van der Waals surface area contributed by atoms with Gasteiger partial charge in [-0.3, -0.25) is 0 Å². The van der Waals surface area contributed by atoms with Crippen molar-refractivity contribution in [3.63, 3.8) is 0 Å². The van der Waals surface area contributed by atoms with Gasteiger partial charge in [-0.25, -0.2) is 0 Å². The summed E-state index contributed by atoms with van der Waals surface area (Å²) in [5.41, 5.74) is 2.76. The third-order valence-electron chi connectivity index (χ3n) is 1.88.